The number of nitrogens with one attached hydrogen (secondary N) is 3. The number of ether oxygens (including phenoxy) is 1. The molecule has 1 aromatic carbocycles. The lowest BCUT2D eigenvalue weighted by Crippen LogP contribution is -2.62. The van der Waals surface area contributed by atoms with Crippen LogP contribution in [0.25, 0.3) is 17.0 Å². The molecule has 3 aliphatic heterocycles. The highest BCUT2D eigenvalue weighted by molar-refractivity contribution is 5.91. The Kier molecular flexibility index (Phi) is 9.73. The highest BCUT2D eigenvalue weighted by Crippen LogP contribution is 2.27. The number of carbonyl (C=O) groups is 4. The second kappa shape index (κ2) is 13.5. The van der Waals surface area contributed by atoms with Crippen LogP contribution in [-0.4, -0.2) is 90.6 Å². The van der Waals surface area contributed by atoms with E-state index in [1.54, 1.807) is 46.0 Å². The van der Waals surface area contributed by atoms with Crippen LogP contribution < -0.4 is 21.1 Å². The second-order valence-corrected chi connectivity index (χ2v) is 12.9. The number of benzene rings is 1. The van der Waals surface area contributed by atoms with Crippen molar-refractivity contribution in [3.05, 3.63) is 42.0 Å². The monoisotopic (exact) mass is 619 g/mol. The van der Waals surface area contributed by atoms with Crippen LogP contribution in [0, 0.1) is 11.3 Å². The molecule has 242 valence electrons. The molecule has 0 radical (unpaired) electrons. The van der Waals surface area contributed by atoms with Gasteiger partial charge in [0.15, 0.2) is 6.10 Å². The van der Waals surface area contributed by atoms with Crippen molar-refractivity contribution in [1.29, 1.82) is 0 Å². The number of rotatable bonds is 2. The van der Waals surface area contributed by atoms with Gasteiger partial charge < -0.3 is 15.4 Å². The minimum absolute atomic E-state index is 0.155. The van der Waals surface area contributed by atoms with E-state index >= 15 is 0 Å². The number of hydrogen-bond donors (Lipinski definition) is 3. The zero-order valence-electron chi connectivity index (χ0n) is 26.8. The van der Waals surface area contributed by atoms with Crippen molar-refractivity contribution < 1.29 is 23.9 Å². The average molecular weight is 620 g/mol. The van der Waals surface area contributed by atoms with Crippen LogP contribution in [0.3, 0.4) is 0 Å². The molecule has 4 heterocycles. The van der Waals surface area contributed by atoms with E-state index in [0.29, 0.717) is 31.6 Å². The lowest BCUT2D eigenvalue weighted by molar-refractivity contribution is -0.163. The van der Waals surface area contributed by atoms with Crippen LogP contribution in [0.4, 0.5) is 5.82 Å². The predicted octanol–water partition coefficient (Wildman–Crippen LogP) is 2.40. The highest BCUT2D eigenvalue weighted by atomic mass is 16.5. The molecule has 4 atom stereocenters. The van der Waals surface area contributed by atoms with Gasteiger partial charge in [-0.15, -0.1) is 0 Å². The maximum absolute atomic E-state index is 13.6. The minimum atomic E-state index is -1.06. The fraction of sp³-hybridized carbons (Fsp3) is 0.545. The van der Waals surface area contributed by atoms with Crippen molar-refractivity contribution in [2.75, 3.05) is 38.7 Å². The zero-order valence-corrected chi connectivity index (χ0v) is 26.8. The molecule has 2 aromatic rings. The molecule has 0 aliphatic carbocycles. The Morgan fingerprint density at radius 1 is 1.00 bits per heavy atom. The van der Waals surface area contributed by atoms with Gasteiger partial charge in [0, 0.05) is 26.0 Å². The molecule has 5 bridgehead atoms. The third-order valence-electron chi connectivity index (χ3n) is 8.99. The fourth-order valence-corrected chi connectivity index (χ4v) is 5.95. The van der Waals surface area contributed by atoms with E-state index in [-0.39, 0.29) is 17.7 Å². The molecule has 3 N–H and O–H groups in total. The van der Waals surface area contributed by atoms with E-state index in [4.69, 9.17) is 9.72 Å². The van der Waals surface area contributed by atoms with Gasteiger partial charge in [0.25, 0.3) is 17.7 Å². The smallest absolute Gasteiger partial charge is 0.316 e. The van der Waals surface area contributed by atoms with Crippen LogP contribution in [0.2, 0.25) is 0 Å². The zero-order chi connectivity index (χ0) is 32.3. The van der Waals surface area contributed by atoms with Gasteiger partial charge in [0.2, 0.25) is 0 Å². The summed E-state index contributed by atoms with van der Waals surface area (Å²) in [5, 5.41) is 11.6. The van der Waals surface area contributed by atoms with Crippen molar-refractivity contribution in [2.45, 2.75) is 71.1 Å². The second-order valence-electron chi connectivity index (χ2n) is 12.9. The van der Waals surface area contributed by atoms with Gasteiger partial charge in [-0.05, 0) is 95.6 Å². The molecule has 45 heavy (non-hydrogen) atoms. The lowest BCUT2D eigenvalue weighted by Gasteiger charge is -2.38. The third kappa shape index (κ3) is 7.45. The fourth-order valence-electron chi connectivity index (χ4n) is 5.95. The summed E-state index contributed by atoms with van der Waals surface area (Å²) >= 11 is 0. The number of cyclic esters (lactones) is 1. The number of nitrogens with zero attached hydrogens (tertiary/aromatic N) is 4. The van der Waals surface area contributed by atoms with E-state index in [0.717, 1.165) is 42.4 Å². The number of hydrazine groups is 2. The number of esters is 1. The number of pyridine rings is 1. The largest absolute Gasteiger partial charge is 0.452 e. The molecule has 2 saturated heterocycles. The topological polar surface area (TPSA) is 136 Å². The van der Waals surface area contributed by atoms with E-state index in [9.17, 15) is 19.2 Å². The van der Waals surface area contributed by atoms with Gasteiger partial charge in [-0.2, -0.15) is 0 Å². The predicted molar refractivity (Wildman–Crippen MR) is 171 cm³/mol. The van der Waals surface area contributed by atoms with Gasteiger partial charge >= 0.3 is 5.97 Å². The Bertz CT molecular complexity index is 1470. The number of likely N-dealkylation sites (N-methyl/N-ethyl adjacent to an activating group) is 1. The molecule has 1 unspecified atom stereocenters. The van der Waals surface area contributed by atoms with Crippen LogP contribution in [-0.2, 0) is 23.9 Å². The summed E-state index contributed by atoms with van der Waals surface area (Å²) in [5.41, 5.74) is 3.61. The van der Waals surface area contributed by atoms with Crippen molar-refractivity contribution in [3.63, 3.8) is 0 Å². The molecule has 5 rings (SSSR count). The first-order chi connectivity index (χ1) is 21.4. The van der Waals surface area contributed by atoms with Crippen molar-refractivity contribution in [2.24, 2.45) is 11.3 Å². The Morgan fingerprint density at radius 3 is 2.53 bits per heavy atom. The first-order valence-corrected chi connectivity index (χ1v) is 15.8. The number of hydrogen-bond acceptors (Lipinski definition) is 9. The van der Waals surface area contributed by atoms with E-state index in [1.807, 2.05) is 36.4 Å². The summed E-state index contributed by atoms with van der Waals surface area (Å²) in [6, 6.07) is 8.08. The van der Waals surface area contributed by atoms with Gasteiger partial charge in [-0.25, -0.2) is 10.4 Å². The van der Waals surface area contributed by atoms with Crippen LogP contribution in [0.5, 0.6) is 0 Å². The quantitative estimate of drug-likeness (QED) is 0.433. The molecule has 3 aliphatic rings. The molecule has 2 fully saturated rings. The third-order valence-corrected chi connectivity index (χ3v) is 8.99. The maximum atomic E-state index is 13.6. The molecule has 12 heteroatoms. The van der Waals surface area contributed by atoms with Gasteiger partial charge in [0.1, 0.15) is 17.9 Å². The van der Waals surface area contributed by atoms with Crippen molar-refractivity contribution >= 4 is 46.5 Å². The highest BCUT2D eigenvalue weighted by Gasteiger charge is 2.37. The molecular weight excluding hydrogens is 574 g/mol. The summed E-state index contributed by atoms with van der Waals surface area (Å²) in [4.78, 5) is 59.0. The Balaban J connectivity index is 1.49. The normalized spacial score (nSPS) is 27.7. The minimum Gasteiger partial charge on any atom is -0.452 e. The molecule has 3 amide bonds. The summed E-state index contributed by atoms with van der Waals surface area (Å²) in [6.45, 7) is 7.15. The standard InChI is InChI=1S/C33H45N7O5/c1-21-30(42)40-17-7-9-25(37-40)31(43)39(5)38(4)28-13-12-24-11-10-22(18-26(24)36-28)14-15-33(2,3)32(44)45-27(29(41)35-21)19-23-8-6-16-34-20-23/h10-15,18,21,23,25,27,34,37H,6-9,16-17,19-20H2,1-5H3,(H,35,41)/b15-14+/t21-,23?,25-,27-/m0/s1. The maximum Gasteiger partial charge on any atom is 0.316 e. The van der Waals surface area contributed by atoms with Crippen molar-refractivity contribution in [3.8, 4) is 0 Å². The first kappa shape index (κ1) is 32.4. The number of anilines is 1. The summed E-state index contributed by atoms with van der Waals surface area (Å²) in [6.07, 6.45) is 5.96. The number of fused-ring (bicyclic) bond motifs is 4. The molecular formula is C33H45N7O5. The molecule has 0 saturated carbocycles. The Morgan fingerprint density at radius 2 is 1.78 bits per heavy atom. The lowest BCUT2D eigenvalue weighted by atomic mass is 9.91. The number of amides is 3. The van der Waals surface area contributed by atoms with Crippen LogP contribution in [0.15, 0.2) is 36.4 Å². The Hall–Kier alpha value is -4.03. The molecule has 0 spiro atoms. The first-order valence-electron chi connectivity index (χ1n) is 15.8. The van der Waals surface area contributed by atoms with Gasteiger partial charge in [0.05, 0.1) is 10.9 Å². The van der Waals surface area contributed by atoms with Crippen LogP contribution in [0.1, 0.15) is 58.4 Å². The van der Waals surface area contributed by atoms with E-state index in [1.165, 1.54) is 10.0 Å². The summed E-state index contributed by atoms with van der Waals surface area (Å²) in [5.74, 6) is -0.899. The van der Waals surface area contributed by atoms with Gasteiger partial charge in [-0.3, -0.25) is 34.2 Å². The molecule has 1 aromatic heterocycles. The Labute approximate surface area is 264 Å². The summed E-state index contributed by atoms with van der Waals surface area (Å²) in [7, 11) is 3.44. The van der Waals surface area contributed by atoms with Crippen LogP contribution >= 0.6 is 0 Å². The summed E-state index contributed by atoms with van der Waals surface area (Å²) < 4.78 is 5.92. The van der Waals surface area contributed by atoms with Gasteiger partial charge in [-0.1, -0.05) is 24.3 Å². The van der Waals surface area contributed by atoms with Crippen molar-refractivity contribution in [1.82, 2.24) is 31.1 Å². The molecule has 12 nitrogen and oxygen atoms in total. The number of piperidine rings is 1. The van der Waals surface area contributed by atoms with E-state index in [2.05, 4.69) is 16.1 Å². The average Bonchev–Trinajstić information content (AvgIpc) is 3.05. The van der Waals surface area contributed by atoms with E-state index < -0.39 is 35.5 Å². The number of aromatic nitrogens is 1. The number of carbonyl (C=O) groups excluding carboxylic acids is 4. The SMILES string of the molecule is C[C@@H]1NC(=O)[C@H](CC2CCCNC2)OC(=O)C(C)(C)/C=C/c2ccc3ccc(nc3c2)N(C)N(C)C(=O)[C@@H]2CCCN(N2)C1=O.